The van der Waals surface area contributed by atoms with E-state index in [0.717, 1.165) is 5.69 Å². The maximum atomic E-state index is 12.4. The number of nitrogens with one attached hydrogen (secondary N) is 1. The van der Waals surface area contributed by atoms with Crippen molar-refractivity contribution < 1.29 is 9.53 Å². The molecule has 0 saturated carbocycles. The first-order chi connectivity index (χ1) is 9.54. The highest BCUT2D eigenvalue weighted by atomic mass is 32.1. The molecule has 0 unspecified atom stereocenters. The summed E-state index contributed by atoms with van der Waals surface area (Å²) in [5.41, 5.74) is 5.98. The van der Waals surface area contributed by atoms with Crippen molar-refractivity contribution in [2.45, 2.75) is 19.3 Å². The number of carbonyl (C=O) groups excluding carboxylic acids is 1. The second-order valence-electron chi connectivity index (χ2n) is 5.05. The van der Waals surface area contributed by atoms with Gasteiger partial charge in [-0.15, -0.1) is 0 Å². The molecule has 1 aliphatic rings. The van der Waals surface area contributed by atoms with Crippen LogP contribution in [0.15, 0.2) is 12.3 Å². The third kappa shape index (κ3) is 3.16. The van der Waals surface area contributed by atoms with Crippen molar-refractivity contribution in [2.75, 3.05) is 19.8 Å². The van der Waals surface area contributed by atoms with Crippen molar-refractivity contribution in [3.63, 3.8) is 0 Å². The minimum atomic E-state index is -0.752. The summed E-state index contributed by atoms with van der Waals surface area (Å²) in [6.45, 7) is 1.57. The van der Waals surface area contributed by atoms with E-state index in [2.05, 4.69) is 10.4 Å². The van der Waals surface area contributed by atoms with Crippen LogP contribution in [0.1, 0.15) is 18.5 Å². The molecule has 7 heteroatoms. The lowest BCUT2D eigenvalue weighted by Gasteiger charge is -2.34. The van der Waals surface area contributed by atoms with Crippen LogP contribution >= 0.6 is 12.2 Å². The van der Waals surface area contributed by atoms with Crippen molar-refractivity contribution in [3.05, 3.63) is 18.0 Å². The Bertz CT molecular complexity index is 494. The minimum Gasteiger partial charge on any atom is -0.392 e. The van der Waals surface area contributed by atoms with Crippen molar-refractivity contribution in [1.29, 1.82) is 0 Å². The third-order valence-corrected chi connectivity index (χ3v) is 4.08. The Labute approximate surface area is 123 Å². The molecular formula is C13H20N4O2S. The first kappa shape index (κ1) is 14.9. The van der Waals surface area contributed by atoms with E-state index in [4.69, 9.17) is 22.7 Å². The number of aromatic nitrogens is 2. The topological polar surface area (TPSA) is 82.2 Å². The number of thiocarbonyl (C=S) groups is 1. The molecule has 0 spiro atoms. The number of amides is 1. The van der Waals surface area contributed by atoms with Crippen molar-refractivity contribution in [2.24, 2.45) is 18.2 Å². The molecule has 20 heavy (non-hydrogen) atoms. The van der Waals surface area contributed by atoms with Gasteiger partial charge in [0.05, 0.1) is 10.7 Å². The van der Waals surface area contributed by atoms with Gasteiger partial charge in [0.2, 0.25) is 5.91 Å². The monoisotopic (exact) mass is 296 g/mol. The normalized spacial score (nSPS) is 17.6. The van der Waals surface area contributed by atoms with E-state index in [1.165, 1.54) is 0 Å². The standard InChI is InChI=1S/C13H20N4O2S/c1-17-7-3-10(16-17)2-6-15-12(18)13(11(14)20)4-8-19-9-5-13/h3,7H,2,4-6,8-9H2,1H3,(H2,14,20)(H,15,18). The molecule has 1 fully saturated rings. The van der Waals surface area contributed by atoms with Gasteiger partial charge in [0.1, 0.15) is 5.41 Å². The summed E-state index contributed by atoms with van der Waals surface area (Å²) in [6.07, 6.45) is 3.68. The van der Waals surface area contributed by atoms with Crippen LogP contribution in [0.3, 0.4) is 0 Å². The van der Waals surface area contributed by atoms with Crippen LogP contribution in [-0.2, 0) is 23.0 Å². The van der Waals surface area contributed by atoms with E-state index >= 15 is 0 Å². The highest BCUT2D eigenvalue weighted by molar-refractivity contribution is 7.80. The first-order valence-corrected chi connectivity index (χ1v) is 7.10. The Kier molecular flexibility index (Phi) is 4.72. The number of carbonyl (C=O) groups is 1. The van der Waals surface area contributed by atoms with E-state index in [-0.39, 0.29) is 10.9 Å². The zero-order valence-corrected chi connectivity index (χ0v) is 12.4. The van der Waals surface area contributed by atoms with Gasteiger partial charge in [-0.2, -0.15) is 5.10 Å². The summed E-state index contributed by atoms with van der Waals surface area (Å²) >= 11 is 5.10. The van der Waals surface area contributed by atoms with E-state index in [1.807, 2.05) is 19.3 Å². The van der Waals surface area contributed by atoms with Gasteiger partial charge in [-0.05, 0) is 18.9 Å². The predicted molar refractivity (Wildman–Crippen MR) is 79.2 cm³/mol. The maximum Gasteiger partial charge on any atom is 0.233 e. The largest absolute Gasteiger partial charge is 0.392 e. The summed E-state index contributed by atoms with van der Waals surface area (Å²) in [6, 6.07) is 1.93. The van der Waals surface area contributed by atoms with Gasteiger partial charge in [-0.1, -0.05) is 12.2 Å². The molecule has 110 valence electrons. The van der Waals surface area contributed by atoms with Gasteiger partial charge in [-0.3, -0.25) is 9.48 Å². The van der Waals surface area contributed by atoms with E-state index < -0.39 is 5.41 Å². The lowest BCUT2D eigenvalue weighted by molar-refractivity contribution is -0.131. The fraction of sp³-hybridized carbons (Fsp3) is 0.615. The molecule has 3 N–H and O–H groups in total. The van der Waals surface area contributed by atoms with Crippen LogP contribution in [0.4, 0.5) is 0 Å². The van der Waals surface area contributed by atoms with Gasteiger partial charge >= 0.3 is 0 Å². The first-order valence-electron chi connectivity index (χ1n) is 6.69. The highest BCUT2D eigenvalue weighted by Crippen LogP contribution is 2.31. The van der Waals surface area contributed by atoms with Crippen LogP contribution in [0.5, 0.6) is 0 Å². The number of rotatable bonds is 5. The zero-order chi connectivity index (χ0) is 14.6. The SMILES string of the molecule is Cn1ccc(CCNC(=O)C2(C(N)=S)CCOCC2)n1. The molecule has 0 bridgehead atoms. The fourth-order valence-electron chi connectivity index (χ4n) is 2.38. The molecule has 1 aromatic rings. The molecule has 0 aliphatic carbocycles. The summed E-state index contributed by atoms with van der Waals surface area (Å²) in [7, 11) is 1.87. The Balaban J connectivity index is 1.90. The molecule has 1 amide bonds. The second-order valence-corrected chi connectivity index (χ2v) is 5.49. The average Bonchev–Trinajstić information content (AvgIpc) is 2.85. The summed E-state index contributed by atoms with van der Waals surface area (Å²) in [4.78, 5) is 12.7. The third-order valence-electron chi connectivity index (χ3n) is 3.69. The summed E-state index contributed by atoms with van der Waals surface area (Å²) < 4.78 is 7.04. The Hall–Kier alpha value is -1.47. The second kappa shape index (κ2) is 6.32. The number of hydrogen-bond donors (Lipinski definition) is 2. The quantitative estimate of drug-likeness (QED) is 0.757. The Morgan fingerprint density at radius 1 is 1.60 bits per heavy atom. The molecule has 2 heterocycles. The lowest BCUT2D eigenvalue weighted by Crippen LogP contribution is -2.52. The lowest BCUT2D eigenvalue weighted by atomic mass is 9.79. The van der Waals surface area contributed by atoms with Gasteiger partial charge in [0.25, 0.3) is 0 Å². The number of ether oxygens (including phenoxy) is 1. The van der Waals surface area contributed by atoms with Crippen molar-refractivity contribution in [3.8, 4) is 0 Å². The van der Waals surface area contributed by atoms with Gasteiger partial charge in [0.15, 0.2) is 0 Å². The zero-order valence-electron chi connectivity index (χ0n) is 11.6. The number of hydrogen-bond acceptors (Lipinski definition) is 4. The molecule has 6 nitrogen and oxygen atoms in total. The molecule has 1 aliphatic heterocycles. The summed E-state index contributed by atoms with van der Waals surface area (Å²) in [5, 5.41) is 7.19. The molecule has 0 aromatic carbocycles. The van der Waals surface area contributed by atoms with E-state index in [0.29, 0.717) is 39.0 Å². The summed E-state index contributed by atoms with van der Waals surface area (Å²) in [5.74, 6) is -0.0933. The molecule has 2 rings (SSSR count). The smallest absolute Gasteiger partial charge is 0.233 e. The molecular weight excluding hydrogens is 276 g/mol. The Morgan fingerprint density at radius 3 is 2.85 bits per heavy atom. The molecule has 1 aromatic heterocycles. The van der Waals surface area contributed by atoms with E-state index in [1.54, 1.807) is 4.68 Å². The van der Waals surface area contributed by atoms with E-state index in [9.17, 15) is 4.79 Å². The Morgan fingerprint density at radius 2 is 2.30 bits per heavy atom. The number of nitrogens with two attached hydrogens (primary N) is 1. The maximum absolute atomic E-state index is 12.4. The van der Waals surface area contributed by atoms with Gasteiger partial charge in [-0.25, -0.2) is 0 Å². The molecule has 1 saturated heterocycles. The van der Waals surface area contributed by atoms with Crippen LogP contribution < -0.4 is 11.1 Å². The van der Waals surface area contributed by atoms with Gasteiger partial charge < -0.3 is 15.8 Å². The highest BCUT2D eigenvalue weighted by Gasteiger charge is 2.42. The minimum absolute atomic E-state index is 0.0933. The fourth-order valence-corrected chi connectivity index (χ4v) is 2.67. The van der Waals surface area contributed by atoms with Crippen LogP contribution in [0, 0.1) is 5.41 Å². The van der Waals surface area contributed by atoms with Crippen molar-refractivity contribution in [1.82, 2.24) is 15.1 Å². The number of nitrogens with zero attached hydrogens (tertiary/aromatic N) is 2. The average molecular weight is 296 g/mol. The van der Waals surface area contributed by atoms with Crippen molar-refractivity contribution >= 4 is 23.1 Å². The van der Waals surface area contributed by atoms with Gasteiger partial charge in [0, 0.05) is 39.4 Å². The predicted octanol–water partition coefficient (Wildman–Crippen LogP) is 0.162. The number of aryl methyl sites for hydroxylation is 1. The van der Waals surface area contributed by atoms with Crippen LogP contribution in [-0.4, -0.2) is 40.4 Å². The molecule has 0 radical (unpaired) electrons. The van der Waals surface area contributed by atoms with Crippen LogP contribution in [0.25, 0.3) is 0 Å². The van der Waals surface area contributed by atoms with Crippen LogP contribution in [0.2, 0.25) is 0 Å². The molecule has 0 atom stereocenters.